The van der Waals surface area contributed by atoms with Crippen LogP contribution in [0.15, 0.2) is 11.8 Å². The number of hydrogen-bond acceptors (Lipinski definition) is 18. The Hall–Kier alpha value is -4.88. The van der Waals surface area contributed by atoms with Gasteiger partial charge in [0.1, 0.15) is 58.2 Å². The molecule has 0 aromatic rings. The maximum Gasteiger partial charge on any atom is 0.410 e. The van der Waals surface area contributed by atoms with E-state index in [-0.39, 0.29) is 38.3 Å². The Morgan fingerprint density at radius 2 is 1.24 bits per heavy atom. The predicted octanol–water partition coefficient (Wildman–Crippen LogP) is 4.38. The number of ether oxygens (including phenoxy) is 7. The molecule has 448 valence electrons. The average Bonchev–Trinajstić information content (AvgIpc) is 4.09. The summed E-state index contributed by atoms with van der Waals surface area (Å²) in [5.41, 5.74) is -6.07. The third-order valence-electron chi connectivity index (χ3n) is 13.2. The third kappa shape index (κ3) is 21.3. The van der Waals surface area contributed by atoms with Crippen molar-refractivity contribution in [3.8, 4) is 0 Å². The smallest absolute Gasteiger partial charge is 0.410 e. The van der Waals surface area contributed by atoms with Gasteiger partial charge >= 0.3 is 30.5 Å². The fourth-order valence-electron chi connectivity index (χ4n) is 9.86. The van der Waals surface area contributed by atoms with Crippen LogP contribution in [0.4, 0.5) is 24.0 Å². The van der Waals surface area contributed by atoms with Crippen LogP contribution in [0.1, 0.15) is 156 Å². The van der Waals surface area contributed by atoms with Crippen LogP contribution in [0.25, 0.3) is 0 Å². The standard InChI is InChI=1S/C54H95N7O17/c1-49(2,3)74-44(66)56-28-35(62)43(65)57-34-26-33(60-47(69)77-52(10,11)12)37(39(64)41(34)73-36-22-24-54(16,71)42(38(36)63)61(17)48(70)78-53(13,14)15)40-32(59-46(68)76-51(7,8)9)21-20-30(72-40)27-55-25-23-31(29-18-19-29)58-45(67)75-50(4,5)6/h20,29,31-42,55,62-64,71H,18-19,21-28H2,1-17H3,(H,56,66)(H,57,65)(H,58,67)(H,59,68)(H,60,69)/t31?,32-,33+,34-,35+,36+,37?,38+,39+,40+,41+,42-,54+/m1/s1. The number of hydrogen-bond donors (Lipinski definition) is 10. The summed E-state index contributed by atoms with van der Waals surface area (Å²) in [6.07, 6.45) is -8.95. The average molecular weight is 1110 g/mol. The molecule has 6 amide bonds. The van der Waals surface area contributed by atoms with Gasteiger partial charge in [0.25, 0.3) is 5.91 Å². The van der Waals surface area contributed by atoms with E-state index in [0.29, 0.717) is 24.6 Å². The Bertz CT molecular complexity index is 2090. The van der Waals surface area contributed by atoms with Crippen molar-refractivity contribution in [1.82, 2.24) is 36.8 Å². The summed E-state index contributed by atoms with van der Waals surface area (Å²) >= 11 is 0. The number of alkyl carbamates (subject to hydrolysis) is 4. The predicted molar refractivity (Wildman–Crippen MR) is 286 cm³/mol. The van der Waals surface area contributed by atoms with Crippen LogP contribution < -0.4 is 31.9 Å². The van der Waals surface area contributed by atoms with Crippen molar-refractivity contribution in [2.75, 3.05) is 26.7 Å². The number of aliphatic hydroxyl groups is 4. The van der Waals surface area contributed by atoms with Gasteiger partial charge in [-0.3, -0.25) is 4.79 Å². The molecule has 78 heavy (non-hydrogen) atoms. The number of carbonyl (C=O) groups is 6. The minimum atomic E-state index is -1.87. The second-order valence-electron chi connectivity index (χ2n) is 26.4. The van der Waals surface area contributed by atoms with Crippen molar-refractivity contribution >= 4 is 36.4 Å². The summed E-state index contributed by atoms with van der Waals surface area (Å²) in [6, 6.07) is -4.83. The summed E-state index contributed by atoms with van der Waals surface area (Å²) in [4.78, 5) is 81.3. The lowest BCUT2D eigenvalue weighted by Gasteiger charge is -2.52. The lowest BCUT2D eigenvalue weighted by molar-refractivity contribution is -0.211. The van der Waals surface area contributed by atoms with Crippen LogP contribution in [0, 0.1) is 11.8 Å². The molecule has 4 aliphatic rings. The summed E-state index contributed by atoms with van der Waals surface area (Å²) < 4.78 is 41.3. The first-order valence-corrected chi connectivity index (χ1v) is 27.3. The second kappa shape index (κ2) is 26.1. The van der Waals surface area contributed by atoms with E-state index in [0.717, 1.165) is 17.7 Å². The molecule has 4 rings (SSSR count). The summed E-state index contributed by atoms with van der Waals surface area (Å²) in [7, 11) is 1.37. The molecule has 3 aliphatic carbocycles. The normalized spacial score (nSPS) is 28.7. The monoisotopic (exact) mass is 1110 g/mol. The first kappa shape index (κ1) is 65.6. The van der Waals surface area contributed by atoms with Gasteiger partial charge in [-0.25, -0.2) is 24.0 Å². The van der Waals surface area contributed by atoms with Crippen LogP contribution >= 0.6 is 0 Å². The molecule has 3 fully saturated rings. The SMILES string of the molecule is CN(C(=O)OC(C)(C)C)[C@@H]1[C@@H](O)[C@@H](O[C@H]2[C@H](NC(=O)[C@@H](O)CNC(=O)OC(C)(C)C)C[C@H](NC(=O)OC(C)(C)C)C([C@H]3OC(CNCCC(NC(=O)OC(C)(C)C)C4CC4)=CC[C@H]3NC(=O)OC(C)(C)C)[C@@H]2O)CC[C@]1(C)O. The van der Waals surface area contributed by atoms with Crippen molar-refractivity contribution in [3.05, 3.63) is 11.8 Å². The molecule has 24 heteroatoms. The van der Waals surface area contributed by atoms with E-state index in [4.69, 9.17) is 33.2 Å². The lowest BCUT2D eigenvalue weighted by atomic mass is 9.71. The quantitative estimate of drug-likeness (QED) is 0.0714. The molecule has 0 radical (unpaired) electrons. The zero-order valence-corrected chi connectivity index (χ0v) is 49.2. The molecule has 1 heterocycles. The van der Waals surface area contributed by atoms with E-state index in [2.05, 4.69) is 31.9 Å². The van der Waals surface area contributed by atoms with Crippen molar-refractivity contribution in [2.45, 2.75) is 256 Å². The van der Waals surface area contributed by atoms with E-state index in [9.17, 15) is 49.2 Å². The fraction of sp³-hybridized carbons (Fsp3) is 0.852. The highest BCUT2D eigenvalue weighted by Crippen LogP contribution is 2.41. The van der Waals surface area contributed by atoms with E-state index >= 15 is 0 Å². The summed E-state index contributed by atoms with van der Waals surface area (Å²) in [5.74, 6) is -1.52. The van der Waals surface area contributed by atoms with Crippen molar-refractivity contribution in [3.63, 3.8) is 0 Å². The maximum atomic E-state index is 14.0. The van der Waals surface area contributed by atoms with Gasteiger partial charge in [0, 0.05) is 25.0 Å². The first-order valence-electron chi connectivity index (χ1n) is 27.3. The molecule has 2 unspecified atom stereocenters. The first-order chi connectivity index (χ1) is 35.6. The number of nitrogens with one attached hydrogen (secondary N) is 6. The third-order valence-corrected chi connectivity index (χ3v) is 13.2. The molecular formula is C54H95N7O17. The molecule has 24 nitrogen and oxygen atoms in total. The van der Waals surface area contributed by atoms with Crippen molar-refractivity contribution < 1.29 is 82.4 Å². The molecule has 0 aromatic carbocycles. The minimum Gasteiger partial charge on any atom is -0.491 e. The topological polar surface area (TPSA) is 323 Å². The van der Waals surface area contributed by atoms with E-state index in [1.807, 2.05) is 0 Å². The second-order valence-corrected chi connectivity index (χ2v) is 26.4. The fourth-order valence-corrected chi connectivity index (χ4v) is 9.86. The van der Waals surface area contributed by atoms with Gasteiger partial charge in [0.15, 0.2) is 0 Å². The van der Waals surface area contributed by atoms with Gasteiger partial charge in [-0.2, -0.15) is 0 Å². The number of rotatable bonds is 17. The molecule has 0 bridgehead atoms. The number of aliphatic hydroxyl groups excluding tert-OH is 3. The Morgan fingerprint density at radius 1 is 0.718 bits per heavy atom. The Balaban J connectivity index is 1.77. The van der Waals surface area contributed by atoms with Crippen LogP contribution in [0.5, 0.6) is 0 Å². The largest absolute Gasteiger partial charge is 0.491 e. The Kier molecular flexibility index (Phi) is 22.0. The van der Waals surface area contributed by atoms with Crippen molar-refractivity contribution in [2.24, 2.45) is 11.8 Å². The zero-order valence-electron chi connectivity index (χ0n) is 49.2. The summed E-state index contributed by atoms with van der Waals surface area (Å²) in [6.45, 7) is 26.9. The molecule has 3 saturated carbocycles. The van der Waals surface area contributed by atoms with Crippen LogP contribution in [0.2, 0.25) is 0 Å². The van der Waals surface area contributed by atoms with Gasteiger partial charge in [0.05, 0.1) is 49.0 Å². The van der Waals surface area contributed by atoms with E-state index < -0.39 is 143 Å². The summed E-state index contributed by atoms with van der Waals surface area (Å²) in [5, 5.41) is 65.4. The van der Waals surface area contributed by atoms with Crippen LogP contribution in [-0.4, -0.2) is 189 Å². The molecule has 0 spiro atoms. The number of nitrogens with zero attached hydrogens (tertiary/aromatic N) is 1. The van der Waals surface area contributed by atoms with Gasteiger partial charge in [0.2, 0.25) is 0 Å². The minimum absolute atomic E-state index is 0.0130. The van der Waals surface area contributed by atoms with Crippen LogP contribution in [-0.2, 0) is 38.0 Å². The zero-order chi connectivity index (χ0) is 59.1. The number of likely N-dealkylation sites (N-methyl/N-ethyl adjacent to an activating group) is 1. The Morgan fingerprint density at radius 3 is 1.78 bits per heavy atom. The molecule has 0 aromatic heterocycles. The van der Waals surface area contributed by atoms with Gasteiger partial charge in [-0.1, -0.05) is 0 Å². The van der Waals surface area contributed by atoms with Crippen molar-refractivity contribution in [1.29, 1.82) is 0 Å². The molecule has 10 N–H and O–H groups in total. The van der Waals surface area contributed by atoms with E-state index in [1.54, 1.807) is 110 Å². The molecular weight excluding hydrogens is 1020 g/mol. The Labute approximate surface area is 460 Å². The number of carbonyl (C=O) groups excluding carboxylic acids is 6. The number of amides is 6. The van der Waals surface area contributed by atoms with Gasteiger partial charge < -0.3 is 90.4 Å². The highest BCUT2D eigenvalue weighted by atomic mass is 16.6. The maximum absolute atomic E-state index is 14.0. The highest BCUT2D eigenvalue weighted by molar-refractivity contribution is 5.82. The molecule has 13 atom stereocenters. The molecule has 0 saturated heterocycles. The molecule has 1 aliphatic heterocycles. The van der Waals surface area contributed by atoms with Gasteiger partial charge in [-0.15, -0.1) is 0 Å². The van der Waals surface area contributed by atoms with Gasteiger partial charge in [-0.05, 0) is 174 Å². The van der Waals surface area contributed by atoms with E-state index in [1.165, 1.54) is 14.0 Å². The lowest BCUT2D eigenvalue weighted by Crippen LogP contribution is -2.70. The van der Waals surface area contributed by atoms with Crippen LogP contribution in [0.3, 0.4) is 0 Å². The highest BCUT2D eigenvalue weighted by Gasteiger charge is 2.56.